The molecule has 3 aliphatic rings. The molecule has 0 spiro atoms. The van der Waals surface area contributed by atoms with Crippen molar-refractivity contribution in [1.29, 1.82) is 0 Å². The van der Waals surface area contributed by atoms with Crippen molar-refractivity contribution in [2.24, 2.45) is 5.92 Å². The minimum absolute atomic E-state index is 0.0136. The smallest absolute Gasteiger partial charge is 0.318 e. The summed E-state index contributed by atoms with van der Waals surface area (Å²) < 4.78 is 5.45. The standard InChI is InChI=1S/C27H36ClN5O2/c1-27(2)23-16-29-25(30-21-9-11-35-12-10-21)32-24(23)17-33(27)26(34)31-22-8-4-6-19(15-22)13-18-5-3-7-20(28)14-18/h3,5,7,14,16,19,21-22H,4,6,8-13,15,17H2,1-2H3,(H,31,34)(H,29,30,32)/t19?,22-/m1/s1. The molecule has 2 N–H and O–H groups in total. The third kappa shape index (κ3) is 5.56. The van der Waals surface area contributed by atoms with Crippen LogP contribution in [-0.2, 0) is 23.2 Å². The van der Waals surface area contributed by atoms with Crippen LogP contribution in [0.1, 0.15) is 69.2 Å². The number of halogens is 1. The first-order valence-electron chi connectivity index (χ1n) is 12.9. The lowest BCUT2D eigenvalue weighted by Gasteiger charge is -2.35. The summed E-state index contributed by atoms with van der Waals surface area (Å²) in [7, 11) is 0. The Morgan fingerprint density at radius 1 is 1.20 bits per heavy atom. The van der Waals surface area contributed by atoms with Crippen molar-refractivity contribution in [3.8, 4) is 0 Å². The fourth-order valence-corrected chi connectivity index (χ4v) is 6.03. The maximum Gasteiger partial charge on any atom is 0.318 e. The quantitative estimate of drug-likeness (QED) is 0.587. The molecule has 1 unspecified atom stereocenters. The van der Waals surface area contributed by atoms with E-state index in [-0.39, 0.29) is 12.1 Å². The zero-order valence-electron chi connectivity index (χ0n) is 20.7. The van der Waals surface area contributed by atoms with Gasteiger partial charge in [-0.2, -0.15) is 0 Å². The van der Waals surface area contributed by atoms with Gasteiger partial charge in [0, 0.05) is 42.1 Å². The van der Waals surface area contributed by atoms with Gasteiger partial charge in [-0.3, -0.25) is 0 Å². The molecule has 3 heterocycles. The minimum Gasteiger partial charge on any atom is -0.381 e. The number of carbonyl (C=O) groups is 1. The van der Waals surface area contributed by atoms with Crippen LogP contribution in [0.2, 0.25) is 5.02 Å². The lowest BCUT2D eigenvalue weighted by atomic mass is 9.82. The van der Waals surface area contributed by atoms with E-state index in [0.717, 1.165) is 68.0 Å². The van der Waals surface area contributed by atoms with Gasteiger partial charge in [-0.15, -0.1) is 0 Å². The number of rotatable bonds is 5. The molecule has 1 aromatic heterocycles. The summed E-state index contributed by atoms with van der Waals surface area (Å²) in [5.41, 5.74) is 2.77. The molecular weight excluding hydrogens is 462 g/mol. The summed E-state index contributed by atoms with van der Waals surface area (Å²) in [5, 5.41) is 7.57. The van der Waals surface area contributed by atoms with Gasteiger partial charge in [-0.25, -0.2) is 14.8 Å². The number of hydrogen-bond donors (Lipinski definition) is 2. The van der Waals surface area contributed by atoms with E-state index in [9.17, 15) is 4.79 Å². The maximum absolute atomic E-state index is 13.4. The number of carbonyl (C=O) groups excluding carboxylic acids is 1. The molecule has 2 aromatic rings. The Balaban J connectivity index is 1.20. The molecule has 8 heteroatoms. The Morgan fingerprint density at radius 2 is 2.03 bits per heavy atom. The lowest BCUT2D eigenvalue weighted by molar-refractivity contribution is 0.0903. The first-order chi connectivity index (χ1) is 16.9. The van der Waals surface area contributed by atoms with E-state index in [1.807, 2.05) is 23.2 Å². The molecule has 7 nitrogen and oxygen atoms in total. The zero-order valence-corrected chi connectivity index (χ0v) is 21.5. The van der Waals surface area contributed by atoms with Crippen LogP contribution in [0.4, 0.5) is 10.7 Å². The predicted molar refractivity (Wildman–Crippen MR) is 137 cm³/mol. The molecule has 35 heavy (non-hydrogen) atoms. The van der Waals surface area contributed by atoms with E-state index in [0.29, 0.717) is 24.5 Å². The second kappa shape index (κ2) is 10.3. The fourth-order valence-electron chi connectivity index (χ4n) is 5.82. The summed E-state index contributed by atoms with van der Waals surface area (Å²) in [6.45, 7) is 6.19. The van der Waals surface area contributed by atoms with E-state index in [2.05, 4.69) is 41.6 Å². The molecule has 2 atom stereocenters. The Kier molecular flexibility index (Phi) is 7.17. The fraction of sp³-hybridized carbons (Fsp3) is 0.593. The average Bonchev–Trinajstić information content (AvgIpc) is 3.10. The zero-order chi connectivity index (χ0) is 24.4. The number of ether oxygens (including phenoxy) is 1. The van der Waals surface area contributed by atoms with Gasteiger partial charge in [0.1, 0.15) is 0 Å². The summed E-state index contributed by atoms with van der Waals surface area (Å²) in [5.74, 6) is 1.20. The second-order valence-electron chi connectivity index (χ2n) is 10.7. The predicted octanol–water partition coefficient (Wildman–Crippen LogP) is 5.28. The third-order valence-corrected chi connectivity index (χ3v) is 8.07. The van der Waals surface area contributed by atoms with Gasteiger partial charge in [0.15, 0.2) is 0 Å². The molecule has 2 aliphatic heterocycles. The Morgan fingerprint density at radius 3 is 2.83 bits per heavy atom. The average molecular weight is 498 g/mol. The number of anilines is 1. The van der Waals surface area contributed by atoms with Gasteiger partial charge in [0.05, 0.1) is 17.8 Å². The van der Waals surface area contributed by atoms with E-state index in [4.69, 9.17) is 21.3 Å². The van der Waals surface area contributed by atoms with Crippen LogP contribution in [0.15, 0.2) is 30.5 Å². The lowest BCUT2D eigenvalue weighted by Crippen LogP contribution is -2.50. The highest BCUT2D eigenvalue weighted by Crippen LogP contribution is 2.38. The van der Waals surface area contributed by atoms with Gasteiger partial charge < -0.3 is 20.3 Å². The van der Waals surface area contributed by atoms with Crippen molar-refractivity contribution >= 4 is 23.6 Å². The van der Waals surface area contributed by atoms with Crippen LogP contribution in [-0.4, -0.2) is 46.2 Å². The first-order valence-corrected chi connectivity index (χ1v) is 13.3. The van der Waals surface area contributed by atoms with Crippen LogP contribution >= 0.6 is 11.6 Å². The van der Waals surface area contributed by atoms with Gasteiger partial charge in [-0.1, -0.05) is 30.2 Å². The van der Waals surface area contributed by atoms with Crippen LogP contribution in [0.3, 0.4) is 0 Å². The van der Waals surface area contributed by atoms with Crippen molar-refractivity contribution in [3.63, 3.8) is 0 Å². The van der Waals surface area contributed by atoms with Crippen molar-refractivity contribution in [2.75, 3.05) is 18.5 Å². The van der Waals surface area contributed by atoms with Crippen molar-refractivity contribution in [1.82, 2.24) is 20.2 Å². The summed E-state index contributed by atoms with van der Waals surface area (Å²) in [6, 6.07) is 8.64. The number of nitrogens with zero attached hydrogens (tertiary/aromatic N) is 3. The van der Waals surface area contributed by atoms with Crippen molar-refractivity contribution in [3.05, 3.63) is 52.3 Å². The molecule has 1 saturated carbocycles. The van der Waals surface area contributed by atoms with E-state index < -0.39 is 5.54 Å². The number of amides is 2. The Bertz CT molecular complexity index is 1060. The second-order valence-corrected chi connectivity index (χ2v) is 11.2. The van der Waals surface area contributed by atoms with E-state index >= 15 is 0 Å². The molecule has 0 radical (unpaired) electrons. The summed E-state index contributed by atoms with van der Waals surface area (Å²) in [6.07, 6.45) is 9.16. The van der Waals surface area contributed by atoms with Crippen LogP contribution in [0.5, 0.6) is 0 Å². The SMILES string of the molecule is CC1(C)c2cnc(NC3CCOCC3)nc2CN1C(=O)N[C@@H]1CCCC(Cc2cccc(Cl)c2)C1. The Labute approximate surface area is 213 Å². The molecule has 1 aliphatic carbocycles. The summed E-state index contributed by atoms with van der Waals surface area (Å²) >= 11 is 6.18. The highest BCUT2D eigenvalue weighted by Gasteiger charge is 2.42. The minimum atomic E-state index is -0.453. The third-order valence-electron chi connectivity index (χ3n) is 7.83. The molecule has 1 saturated heterocycles. The topological polar surface area (TPSA) is 79.4 Å². The number of benzene rings is 1. The molecule has 2 fully saturated rings. The highest BCUT2D eigenvalue weighted by atomic mass is 35.5. The number of nitrogens with one attached hydrogen (secondary N) is 2. The highest BCUT2D eigenvalue weighted by molar-refractivity contribution is 6.30. The number of fused-ring (bicyclic) bond motifs is 1. The van der Waals surface area contributed by atoms with Crippen LogP contribution in [0, 0.1) is 5.92 Å². The van der Waals surface area contributed by atoms with Gasteiger partial charge in [0.2, 0.25) is 5.95 Å². The van der Waals surface area contributed by atoms with Crippen molar-refractivity contribution < 1.29 is 9.53 Å². The number of hydrogen-bond acceptors (Lipinski definition) is 5. The van der Waals surface area contributed by atoms with Crippen molar-refractivity contribution in [2.45, 2.75) is 83.0 Å². The molecule has 188 valence electrons. The van der Waals surface area contributed by atoms with Gasteiger partial charge in [0.25, 0.3) is 0 Å². The van der Waals surface area contributed by atoms with E-state index in [1.165, 1.54) is 12.0 Å². The number of aromatic nitrogens is 2. The molecule has 5 rings (SSSR count). The van der Waals surface area contributed by atoms with Crippen LogP contribution < -0.4 is 10.6 Å². The van der Waals surface area contributed by atoms with Gasteiger partial charge in [-0.05, 0) is 76.0 Å². The molecular formula is C27H36ClN5O2. The molecule has 2 amide bonds. The first kappa shape index (κ1) is 24.3. The maximum atomic E-state index is 13.4. The largest absolute Gasteiger partial charge is 0.381 e. The molecule has 0 bridgehead atoms. The van der Waals surface area contributed by atoms with Crippen LogP contribution in [0.25, 0.3) is 0 Å². The normalized spacial score (nSPS) is 24.1. The monoisotopic (exact) mass is 497 g/mol. The molecule has 1 aromatic carbocycles. The Hall–Kier alpha value is -2.38. The summed E-state index contributed by atoms with van der Waals surface area (Å²) in [4.78, 5) is 24.7. The number of urea groups is 1. The van der Waals surface area contributed by atoms with Gasteiger partial charge >= 0.3 is 6.03 Å². The van der Waals surface area contributed by atoms with E-state index in [1.54, 1.807) is 0 Å².